The van der Waals surface area contributed by atoms with Gasteiger partial charge in [0.25, 0.3) is 0 Å². The summed E-state index contributed by atoms with van der Waals surface area (Å²) < 4.78 is 55.5. The first-order valence-electron chi connectivity index (χ1n) is 6.46. The highest BCUT2D eigenvalue weighted by molar-refractivity contribution is 9.10. The van der Waals surface area contributed by atoms with Gasteiger partial charge in [-0.05, 0) is 31.0 Å². The molecule has 0 radical (unpaired) electrons. The van der Waals surface area contributed by atoms with Gasteiger partial charge in [-0.3, -0.25) is 4.79 Å². The Bertz CT molecular complexity index is 473. The summed E-state index contributed by atoms with van der Waals surface area (Å²) in [6.07, 6.45) is -4.65. The van der Waals surface area contributed by atoms with E-state index in [4.69, 9.17) is 0 Å². The molecule has 2 nitrogen and oxygen atoms in total. The molecule has 21 heavy (non-hydrogen) atoms. The number of rotatable bonds is 4. The molecule has 0 amide bonds. The van der Waals surface area contributed by atoms with E-state index in [0.717, 1.165) is 6.07 Å². The molecule has 0 aromatic heterocycles. The second-order valence-electron chi connectivity index (χ2n) is 3.73. The summed E-state index contributed by atoms with van der Waals surface area (Å²) >= 11 is 2.94. The first-order valence-corrected chi connectivity index (χ1v) is 7.25. The Balaban J connectivity index is 0.00000191. The average molecular weight is 373 g/mol. The van der Waals surface area contributed by atoms with Crippen LogP contribution in [-0.4, -0.2) is 12.6 Å². The summed E-state index contributed by atoms with van der Waals surface area (Å²) in [6, 6.07) is 1.46. The molecule has 0 N–H and O–H groups in total. The normalized spacial score (nSPS) is 10.7. The van der Waals surface area contributed by atoms with E-state index in [9.17, 15) is 22.4 Å². The molecule has 7 heteroatoms. The predicted molar refractivity (Wildman–Crippen MR) is 75.4 cm³/mol. The fourth-order valence-electron chi connectivity index (χ4n) is 1.47. The number of benzene rings is 1. The maximum absolute atomic E-state index is 13.3. The molecule has 0 atom stereocenters. The topological polar surface area (TPSA) is 26.3 Å². The van der Waals surface area contributed by atoms with Gasteiger partial charge in [-0.15, -0.1) is 0 Å². The molecule has 0 aliphatic heterocycles. The first-order chi connectivity index (χ1) is 9.75. The molecule has 0 fully saturated rings. The maximum Gasteiger partial charge on any atom is 0.419 e. The number of esters is 1. The maximum atomic E-state index is 13.3. The third-order valence-electron chi connectivity index (χ3n) is 2.35. The van der Waals surface area contributed by atoms with Gasteiger partial charge in [0.1, 0.15) is 5.82 Å². The van der Waals surface area contributed by atoms with Gasteiger partial charge in [-0.2, -0.15) is 13.2 Å². The van der Waals surface area contributed by atoms with Gasteiger partial charge in [-0.1, -0.05) is 29.8 Å². The van der Waals surface area contributed by atoms with Crippen molar-refractivity contribution in [3.8, 4) is 0 Å². The summed E-state index contributed by atoms with van der Waals surface area (Å²) in [7, 11) is 0. The Morgan fingerprint density at radius 1 is 1.29 bits per heavy atom. The molecule has 1 aromatic carbocycles. The van der Waals surface area contributed by atoms with Crippen LogP contribution in [0, 0.1) is 5.82 Å². The number of hydrogen-bond acceptors (Lipinski definition) is 2. The Morgan fingerprint density at radius 3 is 2.33 bits per heavy atom. The van der Waals surface area contributed by atoms with Crippen molar-refractivity contribution in [1.29, 1.82) is 0 Å². The Labute approximate surface area is 129 Å². The van der Waals surface area contributed by atoms with Crippen molar-refractivity contribution in [2.75, 3.05) is 6.61 Å². The van der Waals surface area contributed by atoms with Gasteiger partial charge in [0, 0.05) is 10.9 Å². The largest absolute Gasteiger partial charge is 0.466 e. The smallest absolute Gasteiger partial charge is 0.419 e. The fraction of sp³-hybridized carbons (Fsp3) is 0.500. The summed E-state index contributed by atoms with van der Waals surface area (Å²) in [5.41, 5.74) is -1.04. The highest BCUT2D eigenvalue weighted by Gasteiger charge is 2.34. The van der Waals surface area contributed by atoms with Gasteiger partial charge < -0.3 is 4.74 Å². The van der Waals surface area contributed by atoms with Crippen molar-refractivity contribution in [2.24, 2.45) is 0 Å². The summed E-state index contributed by atoms with van der Waals surface area (Å²) in [5, 5.41) is 0. The van der Waals surface area contributed by atoms with Crippen LogP contribution in [0.3, 0.4) is 0 Å². The molecule has 1 aromatic rings. The second-order valence-corrected chi connectivity index (χ2v) is 4.58. The molecule has 0 saturated heterocycles. The lowest BCUT2D eigenvalue weighted by Crippen LogP contribution is -2.10. The lowest BCUT2D eigenvalue weighted by molar-refractivity contribution is -0.143. The molecule has 0 saturated carbocycles. The Morgan fingerprint density at radius 2 is 1.86 bits per heavy atom. The van der Waals surface area contributed by atoms with Crippen LogP contribution in [0.5, 0.6) is 0 Å². The van der Waals surface area contributed by atoms with Gasteiger partial charge in [0.05, 0.1) is 12.2 Å². The minimum absolute atomic E-state index is 0.0166. The van der Waals surface area contributed by atoms with E-state index in [0.29, 0.717) is 11.6 Å². The van der Waals surface area contributed by atoms with Gasteiger partial charge >= 0.3 is 12.1 Å². The van der Waals surface area contributed by atoms with Crippen LogP contribution in [0.4, 0.5) is 17.6 Å². The zero-order chi connectivity index (χ0) is 16.6. The third kappa shape index (κ3) is 6.46. The van der Waals surface area contributed by atoms with E-state index >= 15 is 0 Å². The SMILES string of the molecule is CC.CCOC(=O)CCc1cc(F)c(C(F)(F)F)cc1Br. The minimum atomic E-state index is -4.74. The van der Waals surface area contributed by atoms with Crippen molar-refractivity contribution in [2.45, 2.75) is 39.8 Å². The molecular weight excluding hydrogens is 356 g/mol. The Hall–Kier alpha value is -1.11. The zero-order valence-corrected chi connectivity index (χ0v) is 13.6. The summed E-state index contributed by atoms with van der Waals surface area (Å²) in [5.74, 6) is -1.83. The van der Waals surface area contributed by atoms with E-state index in [1.165, 1.54) is 0 Å². The van der Waals surface area contributed by atoms with Crippen LogP contribution in [0.25, 0.3) is 0 Å². The fourth-order valence-corrected chi connectivity index (χ4v) is 2.01. The highest BCUT2D eigenvalue weighted by Crippen LogP contribution is 2.34. The quantitative estimate of drug-likeness (QED) is 0.540. The molecule has 0 aliphatic rings. The van der Waals surface area contributed by atoms with Crippen molar-refractivity contribution in [3.63, 3.8) is 0 Å². The van der Waals surface area contributed by atoms with Crippen LogP contribution in [0.15, 0.2) is 16.6 Å². The molecule has 0 spiro atoms. The van der Waals surface area contributed by atoms with Crippen molar-refractivity contribution >= 4 is 21.9 Å². The van der Waals surface area contributed by atoms with E-state index in [2.05, 4.69) is 20.7 Å². The van der Waals surface area contributed by atoms with E-state index in [1.807, 2.05) is 13.8 Å². The minimum Gasteiger partial charge on any atom is -0.466 e. The van der Waals surface area contributed by atoms with Gasteiger partial charge in [-0.25, -0.2) is 4.39 Å². The third-order valence-corrected chi connectivity index (χ3v) is 3.08. The number of alkyl halides is 3. The first kappa shape index (κ1) is 19.9. The van der Waals surface area contributed by atoms with Crippen LogP contribution in [-0.2, 0) is 22.1 Å². The summed E-state index contributed by atoms with van der Waals surface area (Å²) in [6.45, 7) is 5.87. The van der Waals surface area contributed by atoms with Crippen LogP contribution in [0.1, 0.15) is 38.3 Å². The number of ether oxygens (including phenoxy) is 1. The number of hydrogen-bond donors (Lipinski definition) is 0. The monoisotopic (exact) mass is 372 g/mol. The molecule has 0 unspecified atom stereocenters. The second kappa shape index (κ2) is 9.02. The molecule has 0 heterocycles. The van der Waals surface area contributed by atoms with E-state index in [-0.39, 0.29) is 23.9 Å². The van der Waals surface area contributed by atoms with Crippen molar-refractivity contribution in [3.05, 3.63) is 33.5 Å². The number of halogens is 5. The van der Waals surface area contributed by atoms with Gasteiger partial charge in [0.15, 0.2) is 0 Å². The lowest BCUT2D eigenvalue weighted by atomic mass is 10.1. The molecular formula is C14H17BrF4O2. The van der Waals surface area contributed by atoms with Crippen LogP contribution in [0.2, 0.25) is 0 Å². The van der Waals surface area contributed by atoms with Crippen LogP contribution >= 0.6 is 15.9 Å². The van der Waals surface area contributed by atoms with Gasteiger partial charge in [0.2, 0.25) is 0 Å². The lowest BCUT2D eigenvalue weighted by Gasteiger charge is -2.11. The highest BCUT2D eigenvalue weighted by atomic mass is 79.9. The summed E-state index contributed by atoms with van der Waals surface area (Å²) in [4.78, 5) is 11.1. The Kier molecular flexibility index (Phi) is 8.54. The molecule has 0 aliphatic carbocycles. The number of carbonyl (C=O) groups is 1. The standard InChI is InChI=1S/C12H11BrF4O2.C2H6/c1-2-19-11(18)4-3-7-5-10(14)8(6-9(7)13)12(15,16)17;1-2/h5-6H,2-4H2,1H3;1-2H3. The number of aryl methyl sites for hydroxylation is 1. The predicted octanol–water partition coefficient (Wildman–Crippen LogP) is 5.13. The average Bonchev–Trinajstić information content (AvgIpc) is 2.40. The van der Waals surface area contributed by atoms with Crippen LogP contribution < -0.4 is 0 Å². The number of carbonyl (C=O) groups excluding carboxylic acids is 1. The van der Waals surface area contributed by atoms with Crippen molar-refractivity contribution < 1.29 is 27.1 Å². The van der Waals surface area contributed by atoms with E-state index in [1.54, 1.807) is 6.92 Å². The zero-order valence-electron chi connectivity index (χ0n) is 12.0. The molecule has 120 valence electrons. The molecule has 0 bridgehead atoms. The molecule has 1 rings (SSSR count). The van der Waals surface area contributed by atoms with E-state index < -0.39 is 23.5 Å². The van der Waals surface area contributed by atoms with Crippen molar-refractivity contribution in [1.82, 2.24) is 0 Å².